The van der Waals surface area contributed by atoms with Gasteiger partial charge in [0.25, 0.3) is 20.2 Å². The van der Waals surface area contributed by atoms with Gasteiger partial charge in [0.1, 0.15) is 27.0 Å². The number of sulfone groups is 1. The lowest BCUT2D eigenvalue weighted by atomic mass is 10.2. The molecule has 0 aliphatic rings. The minimum atomic E-state index is -5.23. The highest BCUT2D eigenvalue weighted by Crippen LogP contribution is 2.37. The summed E-state index contributed by atoms with van der Waals surface area (Å²) < 4.78 is 152. The summed E-state index contributed by atoms with van der Waals surface area (Å²) in [6.45, 7) is -1.05. The van der Waals surface area contributed by atoms with Gasteiger partial charge in [-0.3, -0.25) is 13.7 Å². The van der Waals surface area contributed by atoms with Crippen LogP contribution >= 0.6 is 0 Å². The molecule has 24 heteroatoms. The van der Waals surface area contributed by atoms with Crippen molar-refractivity contribution >= 4 is 69.0 Å². The van der Waals surface area contributed by atoms with Crippen LogP contribution in [0.5, 0.6) is 0 Å². The summed E-state index contributed by atoms with van der Waals surface area (Å²) >= 11 is 0. The maximum Gasteiger partial charge on any atom is 0.397 e. The van der Waals surface area contributed by atoms with Crippen molar-refractivity contribution in [1.29, 1.82) is 0 Å². The summed E-state index contributed by atoms with van der Waals surface area (Å²) in [4.78, 5) is 3.25. The molecule has 42 heavy (non-hydrogen) atoms. The van der Waals surface area contributed by atoms with Gasteiger partial charge in [0.05, 0.1) is 28.6 Å². The van der Waals surface area contributed by atoms with E-state index in [4.69, 9.17) is 10.3 Å². The number of nitrogen functional groups attached to an aromatic ring is 1. The number of nitrogens with one attached hydrogen (secondary N) is 1. The highest BCUT2D eigenvalue weighted by atomic mass is 32.3. The molecule has 0 aliphatic carbocycles. The summed E-state index contributed by atoms with van der Waals surface area (Å²) in [7, 11) is -19.7. The highest BCUT2D eigenvalue weighted by Gasteiger charge is 2.24. The van der Waals surface area contributed by atoms with Crippen LogP contribution in [0.1, 0.15) is 0 Å². The first kappa shape index (κ1) is 32.7. The number of hydrogen-bond acceptors (Lipinski definition) is 15. The van der Waals surface area contributed by atoms with Crippen LogP contribution in [-0.4, -0.2) is 69.7 Å². The van der Waals surface area contributed by atoms with Gasteiger partial charge >= 0.3 is 16.5 Å². The summed E-state index contributed by atoms with van der Waals surface area (Å²) in [5.41, 5.74) is 3.43. The van der Waals surface area contributed by atoms with E-state index in [9.17, 15) is 51.6 Å². The summed E-state index contributed by atoms with van der Waals surface area (Å²) in [6.07, 6.45) is -1.50. The zero-order valence-electron chi connectivity index (χ0n) is 20.1. The molecule has 0 saturated carbocycles. The molecular weight excluding hydrogens is 658 g/mol. The number of hydrogen-bond donors (Lipinski definition) is 5. The van der Waals surface area contributed by atoms with Crippen LogP contribution in [0.25, 0.3) is 0 Å². The van der Waals surface area contributed by atoms with Gasteiger partial charge in [0.2, 0.25) is 5.95 Å². The number of aromatic nitrogens is 2. The summed E-state index contributed by atoms with van der Waals surface area (Å²) in [6, 6.07) is 4.05. The zero-order chi connectivity index (χ0) is 31.7. The molecule has 0 spiro atoms. The van der Waals surface area contributed by atoms with Crippen LogP contribution in [0, 0.1) is 12.0 Å². The third-order valence-electron chi connectivity index (χ3n) is 4.75. The van der Waals surface area contributed by atoms with Gasteiger partial charge in [0, 0.05) is 6.07 Å². The van der Waals surface area contributed by atoms with Crippen molar-refractivity contribution in [2.45, 2.75) is 14.7 Å². The molecule has 1 aromatic heterocycles. The first-order valence-electron chi connectivity index (χ1n) is 10.4. The fourth-order valence-electron chi connectivity index (χ4n) is 3.04. The molecular formula is C18H16F2N6O12S4. The van der Waals surface area contributed by atoms with Crippen LogP contribution in [0.2, 0.25) is 0 Å². The second kappa shape index (κ2) is 11.8. The fourth-order valence-corrected chi connectivity index (χ4v) is 5.89. The lowest BCUT2D eigenvalue weighted by molar-refractivity contribution is 0.284. The third kappa shape index (κ3) is 8.61. The van der Waals surface area contributed by atoms with E-state index in [2.05, 4.69) is 29.7 Å². The molecule has 0 atom stereocenters. The Hall–Kier alpha value is -3.78. The Morgan fingerprint density at radius 2 is 1.45 bits per heavy atom. The number of nitrogens with zero attached hydrogens (tertiary/aromatic N) is 4. The average molecular weight is 675 g/mol. The van der Waals surface area contributed by atoms with Crippen LogP contribution in [0.4, 0.5) is 37.3 Å². The van der Waals surface area contributed by atoms with E-state index in [0.29, 0.717) is 18.2 Å². The number of nitrogens with two attached hydrogens (primary N) is 1. The average Bonchev–Trinajstić information content (AvgIpc) is 2.80. The topological polar surface area (TPSA) is 295 Å². The first-order valence-corrected chi connectivity index (χ1v) is 16.3. The molecule has 228 valence electrons. The van der Waals surface area contributed by atoms with Crippen molar-refractivity contribution in [3.8, 4) is 0 Å². The van der Waals surface area contributed by atoms with Crippen LogP contribution in [0.15, 0.2) is 61.3 Å². The monoisotopic (exact) mass is 674 g/mol. The summed E-state index contributed by atoms with van der Waals surface area (Å²) in [5, 5.41) is 9.56. The second-order valence-electron chi connectivity index (χ2n) is 7.73. The van der Waals surface area contributed by atoms with Crippen LogP contribution in [-0.2, 0) is 44.7 Å². The number of benzene rings is 2. The molecule has 0 unspecified atom stereocenters. The quantitative estimate of drug-likeness (QED) is 0.0634. The van der Waals surface area contributed by atoms with Crippen LogP contribution in [0.3, 0.4) is 0 Å². The number of azo groups is 1. The van der Waals surface area contributed by atoms with Crippen molar-refractivity contribution in [3.63, 3.8) is 0 Å². The van der Waals surface area contributed by atoms with Gasteiger partial charge in [-0.25, -0.2) is 12.6 Å². The maximum absolute atomic E-state index is 13.5. The molecule has 1 heterocycles. The van der Waals surface area contributed by atoms with Gasteiger partial charge in [-0.1, -0.05) is 0 Å². The second-order valence-corrected chi connectivity index (χ2v) is 13.7. The molecule has 0 saturated heterocycles. The van der Waals surface area contributed by atoms with E-state index in [1.165, 1.54) is 0 Å². The Kier molecular flexibility index (Phi) is 9.23. The van der Waals surface area contributed by atoms with Crippen molar-refractivity contribution in [1.82, 2.24) is 9.97 Å². The zero-order valence-corrected chi connectivity index (χ0v) is 23.4. The van der Waals surface area contributed by atoms with Gasteiger partial charge in [-0.2, -0.15) is 44.0 Å². The smallest absolute Gasteiger partial charge is 0.397 e. The Labute approximate surface area is 235 Å². The molecule has 18 nitrogen and oxygen atoms in total. The molecule has 0 aliphatic heterocycles. The van der Waals surface area contributed by atoms with Crippen molar-refractivity contribution in [3.05, 3.63) is 48.4 Å². The molecule has 0 fully saturated rings. The molecule has 3 aromatic rings. The van der Waals surface area contributed by atoms with E-state index in [0.717, 1.165) is 18.2 Å². The molecule has 0 bridgehead atoms. The van der Waals surface area contributed by atoms with E-state index in [-0.39, 0.29) is 5.69 Å². The van der Waals surface area contributed by atoms with Crippen molar-refractivity contribution < 1.29 is 60.3 Å². The number of rotatable bonds is 11. The Balaban J connectivity index is 2.11. The minimum absolute atomic E-state index is 0.340. The minimum Gasteiger partial charge on any atom is -0.398 e. The SMILES string of the molecule is Nc1cc(Nc2cc(F)nc(F)n2)c(/N=N/c2ccc(S(=O)(=O)CCOS(=O)(=O)O)cc2S(=O)(=O)O)cc1S(=O)(=O)O. The van der Waals surface area contributed by atoms with E-state index in [1.54, 1.807) is 0 Å². The largest absolute Gasteiger partial charge is 0.398 e. The van der Waals surface area contributed by atoms with Gasteiger partial charge in [0.15, 0.2) is 9.84 Å². The number of anilines is 3. The van der Waals surface area contributed by atoms with Gasteiger partial charge < -0.3 is 11.1 Å². The molecule has 6 N–H and O–H groups in total. The lowest BCUT2D eigenvalue weighted by Gasteiger charge is -2.12. The Bertz CT molecular complexity index is 2000. The lowest BCUT2D eigenvalue weighted by Crippen LogP contribution is -2.16. The van der Waals surface area contributed by atoms with Gasteiger partial charge in [-0.05, 0) is 30.3 Å². The van der Waals surface area contributed by atoms with Crippen molar-refractivity contribution in [2.24, 2.45) is 10.2 Å². The molecule has 2 aromatic carbocycles. The Morgan fingerprint density at radius 3 is 2.02 bits per heavy atom. The van der Waals surface area contributed by atoms with E-state index in [1.807, 2.05) is 0 Å². The van der Waals surface area contributed by atoms with Crippen molar-refractivity contribution in [2.75, 3.05) is 23.4 Å². The molecule has 0 amide bonds. The van der Waals surface area contributed by atoms with E-state index < -0.39 is 102 Å². The summed E-state index contributed by atoms with van der Waals surface area (Å²) in [5.74, 6) is -2.89. The highest BCUT2D eigenvalue weighted by molar-refractivity contribution is 7.91. The standard InChI is InChI=1S/C18H16F2N6O12S4/c19-16-8-17(24-18(20)23-16)22-12-6-10(21)14(40(29,30)31)7-13(12)26-25-11-2-1-9(5-15(11)41(32,33)34)39(27,28)4-3-38-42(35,36)37/h1-2,5-8H,3-4,21H2,(H,22,23,24)(H,29,30,31)(H,32,33,34)(H,35,36,37)/b26-25+. The molecule has 3 rings (SSSR count). The van der Waals surface area contributed by atoms with E-state index >= 15 is 0 Å². The maximum atomic E-state index is 13.5. The predicted octanol–water partition coefficient (Wildman–Crippen LogP) is 1.58. The number of halogens is 2. The Morgan fingerprint density at radius 1 is 0.833 bits per heavy atom. The molecule has 0 radical (unpaired) electrons. The predicted molar refractivity (Wildman–Crippen MR) is 136 cm³/mol. The first-order chi connectivity index (χ1) is 19.2. The van der Waals surface area contributed by atoms with Crippen LogP contribution < -0.4 is 11.1 Å². The fraction of sp³-hybridized carbons (Fsp3) is 0.111. The normalized spacial score (nSPS) is 13.0. The third-order valence-corrected chi connectivity index (χ3v) is 8.69. The van der Waals surface area contributed by atoms with Gasteiger partial charge in [-0.15, -0.1) is 10.2 Å².